The molecule has 0 saturated heterocycles. The summed E-state index contributed by atoms with van der Waals surface area (Å²) in [4.78, 5) is 24.3. The molecule has 0 fully saturated rings. The molecule has 0 atom stereocenters. The molecule has 30 heavy (non-hydrogen) atoms. The van der Waals surface area contributed by atoms with Crippen molar-refractivity contribution in [3.05, 3.63) is 71.8 Å². The summed E-state index contributed by atoms with van der Waals surface area (Å²) in [7, 11) is 1.32. The molecule has 0 unspecified atom stereocenters. The molecule has 0 saturated carbocycles. The van der Waals surface area contributed by atoms with E-state index >= 15 is 0 Å². The largest absolute Gasteiger partial charge is 0.493 e. The molecule has 0 aliphatic carbocycles. The van der Waals surface area contributed by atoms with Crippen LogP contribution in [0.3, 0.4) is 0 Å². The van der Waals surface area contributed by atoms with E-state index in [0.29, 0.717) is 23.5 Å². The summed E-state index contributed by atoms with van der Waals surface area (Å²) in [6, 6.07) is 17.4. The number of fused-ring (bicyclic) bond motifs is 1. The summed E-state index contributed by atoms with van der Waals surface area (Å²) in [6.45, 7) is 2.83. The molecule has 0 spiro atoms. The van der Waals surface area contributed by atoms with Gasteiger partial charge in [-0.3, -0.25) is 0 Å². The minimum atomic E-state index is -0.466. The Balaban J connectivity index is 1.76. The second-order valence-electron chi connectivity index (χ2n) is 6.97. The highest BCUT2D eigenvalue weighted by Gasteiger charge is 2.15. The first-order chi connectivity index (χ1) is 14.6. The number of methoxy groups -OCH3 is 1. The molecule has 0 radical (unpaired) electrons. The van der Waals surface area contributed by atoms with Gasteiger partial charge in [-0.2, -0.15) is 0 Å². The van der Waals surface area contributed by atoms with Gasteiger partial charge in [-0.05, 0) is 48.2 Å². The van der Waals surface area contributed by atoms with Crippen molar-refractivity contribution in [2.45, 2.75) is 32.6 Å². The lowest BCUT2D eigenvalue weighted by Crippen LogP contribution is -2.10. The number of hydrogen-bond acceptors (Lipinski definition) is 5. The Bertz CT molecular complexity index is 1010. The van der Waals surface area contributed by atoms with E-state index in [1.54, 1.807) is 30.3 Å². The molecule has 0 aliphatic heterocycles. The van der Waals surface area contributed by atoms with Crippen LogP contribution in [-0.2, 0) is 4.74 Å². The van der Waals surface area contributed by atoms with Crippen LogP contribution in [0.25, 0.3) is 10.8 Å². The van der Waals surface area contributed by atoms with Crippen molar-refractivity contribution in [1.82, 2.24) is 0 Å². The molecule has 3 aromatic carbocycles. The average molecular weight is 406 g/mol. The average Bonchev–Trinajstić information content (AvgIpc) is 2.78. The van der Waals surface area contributed by atoms with Gasteiger partial charge in [-0.1, -0.05) is 50.5 Å². The van der Waals surface area contributed by atoms with Crippen LogP contribution in [0.4, 0.5) is 0 Å². The molecule has 0 aliphatic rings. The fraction of sp³-hybridized carbons (Fsp3) is 0.280. The van der Waals surface area contributed by atoms with E-state index in [-0.39, 0.29) is 0 Å². The number of rotatable bonds is 9. The van der Waals surface area contributed by atoms with Crippen molar-refractivity contribution >= 4 is 22.7 Å². The molecular formula is C25H26O5. The van der Waals surface area contributed by atoms with Crippen LogP contribution in [0.2, 0.25) is 0 Å². The fourth-order valence-corrected chi connectivity index (χ4v) is 3.23. The normalized spacial score (nSPS) is 10.6. The zero-order chi connectivity index (χ0) is 21.3. The highest BCUT2D eigenvalue weighted by Crippen LogP contribution is 2.29. The van der Waals surface area contributed by atoms with E-state index in [2.05, 4.69) is 11.7 Å². The zero-order valence-electron chi connectivity index (χ0n) is 17.4. The molecule has 5 heteroatoms. The lowest BCUT2D eigenvalue weighted by molar-refractivity contribution is 0.0600. The van der Waals surface area contributed by atoms with Gasteiger partial charge in [0.25, 0.3) is 0 Å². The molecule has 0 aromatic heterocycles. The molecule has 0 amide bonds. The first-order valence-electron chi connectivity index (χ1n) is 10.2. The van der Waals surface area contributed by atoms with Gasteiger partial charge in [-0.25, -0.2) is 9.59 Å². The predicted molar refractivity (Wildman–Crippen MR) is 116 cm³/mol. The maximum Gasteiger partial charge on any atom is 0.344 e. The van der Waals surface area contributed by atoms with Gasteiger partial charge in [-0.15, -0.1) is 0 Å². The number of esters is 2. The Labute approximate surface area is 176 Å². The fourth-order valence-electron chi connectivity index (χ4n) is 3.23. The SMILES string of the molecule is CCCCCCOc1ccc(C(=O)Oc2ccc(C(=O)OC)cc2)c2ccccc12. The molecule has 3 rings (SSSR count). The van der Waals surface area contributed by atoms with Gasteiger partial charge in [0.15, 0.2) is 0 Å². The van der Waals surface area contributed by atoms with Gasteiger partial charge >= 0.3 is 11.9 Å². The first-order valence-corrected chi connectivity index (χ1v) is 10.2. The van der Waals surface area contributed by atoms with E-state index in [1.165, 1.54) is 20.0 Å². The van der Waals surface area contributed by atoms with E-state index in [0.717, 1.165) is 29.4 Å². The van der Waals surface area contributed by atoms with Crippen LogP contribution in [0.5, 0.6) is 11.5 Å². The van der Waals surface area contributed by atoms with Crippen LogP contribution in [-0.4, -0.2) is 25.7 Å². The van der Waals surface area contributed by atoms with Crippen LogP contribution >= 0.6 is 0 Å². The Morgan fingerprint density at radius 1 is 0.800 bits per heavy atom. The Hall–Kier alpha value is -3.34. The third kappa shape index (κ3) is 5.17. The van der Waals surface area contributed by atoms with Gasteiger partial charge in [0.05, 0.1) is 24.8 Å². The van der Waals surface area contributed by atoms with E-state index in [9.17, 15) is 9.59 Å². The number of carbonyl (C=O) groups excluding carboxylic acids is 2. The Morgan fingerprint density at radius 3 is 2.23 bits per heavy atom. The second-order valence-corrected chi connectivity index (χ2v) is 6.97. The maximum atomic E-state index is 12.8. The summed E-state index contributed by atoms with van der Waals surface area (Å²) in [6.07, 6.45) is 4.54. The van der Waals surface area contributed by atoms with Crippen LogP contribution in [0.15, 0.2) is 60.7 Å². The lowest BCUT2D eigenvalue weighted by Gasteiger charge is -2.12. The van der Waals surface area contributed by atoms with Crippen LogP contribution < -0.4 is 9.47 Å². The van der Waals surface area contributed by atoms with Crippen molar-refractivity contribution in [3.8, 4) is 11.5 Å². The minimum Gasteiger partial charge on any atom is -0.493 e. The number of hydrogen-bond donors (Lipinski definition) is 0. The van der Waals surface area contributed by atoms with Gasteiger partial charge < -0.3 is 14.2 Å². The summed E-state index contributed by atoms with van der Waals surface area (Å²) in [5.41, 5.74) is 0.851. The van der Waals surface area contributed by atoms with Crippen molar-refractivity contribution in [3.63, 3.8) is 0 Å². The number of benzene rings is 3. The molecular weight excluding hydrogens is 380 g/mol. The maximum absolute atomic E-state index is 12.8. The molecule has 0 heterocycles. The first kappa shape index (κ1) is 21.4. The van der Waals surface area contributed by atoms with E-state index < -0.39 is 11.9 Å². The highest BCUT2D eigenvalue weighted by molar-refractivity contribution is 6.07. The zero-order valence-corrected chi connectivity index (χ0v) is 17.4. The van der Waals surface area contributed by atoms with Gasteiger partial charge in [0.1, 0.15) is 11.5 Å². The lowest BCUT2D eigenvalue weighted by atomic mass is 10.0. The number of ether oxygens (including phenoxy) is 3. The molecule has 5 nitrogen and oxygen atoms in total. The molecule has 3 aromatic rings. The van der Waals surface area contributed by atoms with E-state index in [4.69, 9.17) is 9.47 Å². The van der Waals surface area contributed by atoms with Gasteiger partial charge in [0.2, 0.25) is 0 Å². The molecule has 0 bridgehead atoms. The standard InChI is InChI=1S/C25H26O5/c1-3-4-5-8-17-29-23-16-15-22(20-9-6-7-10-21(20)23)25(27)30-19-13-11-18(12-14-19)24(26)28-2/h6-7,9-16H,3-5,8,17H2,1-2H3. The van der Waals surface area contributed by atoms with Crippen molar-refractivity contribution in [2.75, 3.05) is 13.7 Å². The topological polar surface area (TPSA) is 61.8 Å². The summed E-state index contributed by atoms with van der Waals surface area (Å²) in [5, 5.41) is 1.66. The van der Waals surface area contributed by atoms with Crippen LogP contribution in [0.1, 0.15) is 53.3 Å². The van der Waals surface area contributed by atoms with Crippen molar-refractivity contribution < 1.29 is 23.8 Å². The Morgan fingerprint density at radius 2 is 1.53 bits per heavy atom. The van der Waals surface area contributed by atoms with Crippen molar-refractivity contribution in [2.24, 2.45) is 0 Å². The molecule has 156 valence electrons. The highest BCUT2D eigenvalue weighted by atomic mass is 16.5. The quantitative estimate of drug-likeness (QED) is 0.255. The predicted octanol–water partition coefficient (Wildman–Crippen LogP) is 5.80. The van der Waals surface area contributed by atoms with Crippen molar-refractivity contribution in [1.29, 1.82) is 0 Å². The van der Waals surface area contributed by atoms with Crippen LogP contribution in [0, 0.1) is 0 Å². The summed E-state index contributed by atoms with van der Waals surface area (Å²) < 4.78 is 16.2. The second kappa shape index (κ2) is 10.4. The van der Waals surface area contributed by atoms with Gasteiger partial charge in [0, 0.05) is 5.39 Å². The monoisotopic (exact) mass is 406 g/mol. The Kier molecular flexibility index (Phi) is 7.44. The minimum absolute atomic E-state index is 0.355. The van der Waals surface area contributed by atoms with E-state index in [1.807, 2.05) is 30.3 Å². The number of carbonyl (C=O) groups is 2. The number of unbranched alkanes of at least 4 members (excludes halogenated alkanes) is 3. The third-order valence-corrected chi connectivity index (χ3v) is 4.85. The molecule has 0 N–H and O–H groups in total. The smallest absolute Gasteiger partial charge is 0.344 e. The third-order valence-electron chi connectivity index (χ3n) is 4.85. The summed E-state index contributed by atoms with van der Waals surface area (Å²) >= 11 is 0. The summed E-state index contributed by atoms with van der Waals surface area (Å²) in [5.74, 6) is 0.213.